The number of anilines is 1. The first-order valence-electron chi connectivity index (χ1n) is 12.8. The summed E-state index contributed by atoms with van der Waals surface area (Å²) in [6.45, 7) is 5.30. The minimum atomic E-state index is -0.138. The van der Waals surface area contributed by atoms with Gasteiger partial charge in [-0.3, -0.25) is 4.79 Å². The summed E-state index contributed by atoms with van der Waals surface area (Å²) in [6, 6.07) is 5.98. The van der Waals surface area contributed by atoms with Crippen molar-refractivity contribution in [3.8, 4) is 12.3 Å². The minimum Gasteiger partial charge on any atom is -0.354 e. The molecule has 5 rings (SSSR count). The van der Waals surface area contributed by atoms with Gasteiger partial charge in [-0.25, -0.2) is 9.97 Å². The maximum atomic E-state index is 13.2. The average molecular weight is 550 g/mol. The number of rotatable bonds is 8. The van der Waals surface area contributed by atoms with Gasteiger partial charge in [0, 0.05) is 47.8 Å². The highest BCUT2D eigenvalue weighted by molar-refractivity contribution is 7.99. The van der Waals surface area contributed by atoms with Crippen LogP contribution in [0.3, 0.4) is 0 Å². The van der Waals surface area contributed by atoms with Crippen molar-refractivity contribution in [2.75, 3.05) is 38.6 Å². The van der Waals surface area contributed by atoms with Crippen molar-refractivity contribution in [3.63, 3.8) is 0 Å². The van der Waals surface area contributed by atoms with Crippen LogP contribution in [0.4, 0.5) is 5.82 Å². The number of nitrogens with two attached hydrogens (primary N) is 1. The molecule has 198 valence electrons. The largest absolute Gasteiger partial charge is 0.354 e. The van der Waals surface area contributed by atoms with Crippen LogP contribution in [0, 0.1) is 12.3 Å². The molecule has 10 heteroatoms. The van der Waals surface area contributed by atoms with Gasteiger partial charge in [-0.05, 0) is 69.9 Å². The van der Waals surface area contributed by atoms with Gasteiger partial charge in [-0.15, -0.1) is 6.42 Å². The molecule has 3 aromatic heterocycles. The Morgan fingerprint density at radius 2 is 2.16 bits per heavy atom. The fourth-order valence-corrected chi connectivity index (χ4v) is 6.11. The van der Waals surface area contributed by atoms with E-state index in [4.69, 9.17) is 33.7 Å². The fourth-order valence-electron chi connectivity index (χ4n) is 4.96. The maximum absolute atomic E-state index is 13.2. The van der Waals surface area contributed by atoms with E-state index in [-0.39, 0.29) is 11.5 Å². The molecule has 0 amide bonds. The van der Waals surface area contributed by atoms with Gasteiger partial charge >= 0.3 is 0 Å². The molecule has 0 radical (unpaired) electrons. The van der Waals surface area contributed by atoms with E-state index in [9.17, 15) is 4.79 Å². The van der Waals surface area contributed by atoms with Gasteiger partial charge in [-0.2, -0.15) is 0 Å². The summed E-state index contributed by atoms with van der Waals surface area (Å²) in [6.07, 6.45) is 10.1. The van der Waals surface area contributed by atoms with Gasteiger partial charge in [0.15, 0.2) is 5.16 Å². The van der Waals surface area contributed by atoms with Crippen LogP contribution in [0.5, 0.6) is 0 Å². The number of fused-ring (bicyclic) bond motifs is 2. The smallest absolute Gasteiger partial charge is 0.205 e. The summed E-state index contributed by atoms with van der Waals surface area (Å²) in [7, 11) is 4.10. The number of aromatic nitrogens is 4. The van der Waals surface area contributed by atoms with Crippen LogP contribution in [0.2, 0.25) is 5.02 Å². The van der Waals surface area contributed by atoms with E-state index in [2.05, 4.69) is 32.2 Å². The van der Waals surface area contributed by atoms with E-state index in [0.717, 1.165) is 72.8 Å². The summed E-state index contributed by atoms with van der Waals surface area (Å²) in [5, 5.41) is 2.67. The van der Waals surface area contributed by atoms with Gasteiger partial charge in [0.05, 0.1) is 21.5 Å². The fraction of sp³-hybridized carbons (Fsp3) is 0.393. The van der Waals surface area contributed by atoms with Crippen LogP contribution < -0.4 is 16.1 Å². The Kier molecular flexibility index (Phi) is 7.68. The zero-order valence-corrected chi connectivity index (χ0v) is 23.5. The standard InChI is InChI=1S/C28H32ClN7OS/c1-5-17-15-35(12-7-11-34(3)4)22-9-8-19(14-20(22)25(17)37)38-28-32-26-23(24(29)21(6-2)31-26)27(33-28)36-13-10-18(30)16-36/h1,8-9,14-15,18H,6-7,10-13,16,30H2,2-4H3,(H,31,32,33)/t18-/m0/s1. The highest BCUT2D eigenvalue weighted by Gasteiger charge is 2.26. The van der Waals surface area contributed by atoms with E-state index < -0.39 is 0 Å². The molecule has 1 aliphatic rings. The number of H-pyrrole nitrogens is 1. The number of hydrogen-bond donors (Lipinski definition) is 2. The van der Waals surface area contributed by atoms with Crippen LogP contribution in [-0.4, -0.2) is 64.2 Å². The Balaban J connectivity index is 1.55. The third kappa shape index (κ3) is 5.14. The number of terminal acetylenes is 1. The zero-order chi connectivity index (χ0) is 27.0. The third-order valence-corrected chi connectivity index (χ3v) is 8.19. The van der Waals surface area contributed by atoms with Crippen molar-refractivity contribution in [3.05, 3.63) is 50.9 Å². The maximum Gasteiger partial charge on any atom is 0.205 e. The predicted molar refractivity (Wildman–Crippen MR) is 157 cm³/mol. The minimum absolute atomic E-state index is 0.102. The summed E-state index contributed by atoms with van der Waals surface area (Å²) >= 11 is 8.15. The van der Waals surface area contributed by atoms with Crippen molar-refractivity contribution in [2.45, 2.75) is 48.8 Å². The van der Waals surface area contributed by atoms with Crippen LogP contribution in [0.25, 0.3) is 21.9 Å². The van der Waals surface area contributed by atoms with Crippen LogP contribution in [0.1, 0.15) is 31.0 Å². The summed E-state index contributed by atoms with van der Waals surface area (Å²) in [5.74, 6) is 3.36. The molecule has 3 N–H and O–H groups in total. The number of nitrogens with one attached hydrogen (secondary N) is 1. The van der Waals surface area contributed by atoms with Crippen molar-refractivity contribution in [1.29, 1.82) is 0 Å². The number of pyridine rings is 1. The van der Waals surface area contributed by atoms with E-state index >= 15 is 0 Å². The third-order valence-electron chi connectivity index (χ3n) is 6.92. The molecule has 1 aliphatic heterocycles. The molecule has 0 bridgehead atoms. The average Bonchev–Trinajstić information content (AvgIpc) is 3.47. The number of nitrogens with zero attached hydrogens (tertiary/aromatic N) is 5. The summed E-state index contributed by atoms with van der Waals surface area (Å²) < 4.78 is 2.08. The van der Waals surface area contributed by atoms with E-state index in [1.54, 1.807) is 6.20 Å². The van der Waals surface area contributed by atoms with Crippen molar-refractivity contribution >= 4 is 51.1 Å². The second-order valence-electron chi connectivity index (χ2n) is 9.97. The number of benzene rings is 1. The van der Waals surface area contributed by atoms with Crippen LogP contribution in [-0.2, 0) is 13.0 Å². The molecule has 8 nitrogen and oxygen atoms in total. The van der Waals surface area contributed by atoms with Gasteiger partial charge in [0.2, 0.25) is 5.43 Å². The molecule has 0 saturated carbocycles. The first-order chi connectivity index (χ1) is 18.3. The van der Waals surface area contributed by atoms with Gasteiger partial charge < -0.3 is 25.1 Å². The second kappa shape index (κ2) is 11.0. The molecule has 1 fully saturated rings. The SMILES string of the molecule is C#Cc1cn(CCCN(C)C)c2ccc(Sc3nc(N4CC[C@H](N)C4)c4c(Cl)c(CC)[nH]c4n3)cc2c1=O. The van der Waals surface area contributed by atoms with Gasteiger partial charge in [0.1, 0.15) is 11.5 Å². The molecule has 1 atom stereocenters. The lowest BCUT2D eigenvalue weighted by atomic mass is 10.1. The molecule has 1 aromatic carbocycles. The Morgan fingerprint density at radius 3 is 2.84 bits per heavy atom. The molecular formula is C28H32ClN7OS. The molecule has 4 heterocycles. The molecular weight excluding hydrogens is 518 g/mol. The quantitative estimate of drug-likeness (QED) is 0.252. The van der Waals surface area contributed by atoms with Gasteiger partial charge in [0.25, 0.3) is 0 Å². The number of aryl methyl sites for hydroxylation is 2. The predicted octanol–water partition coefficient (Wildman–Crippen LogP) is 4.11. The van der Waals surface area contributed by atoms with Crippen LogP contribution >= 0.6 is 23.4 Å². The Labute approximate surface area is 231 Å². The number of aromatic amines is 1. The molecule has 0 spiro atoms. The van der Waals surface area contributed by atoms with Crippen molar-refractivity contribution in [1.82, 2.24) is 24.4 Å². The van der Waals surface area contributed by atoms with E-state index in [1.807, 2.05) is 32.3 Å². The van der Waals surface area contributed by atoms with Gasteiger partial charge in [-0.1, -0.05) is 24.4 Å². The molecule has 4 aromatic rings. The monoisotopic (exact) mass is 549 g/mol. The van der Waals surface area contributed by atoms with Crippen molar-refractivity contribution in [2.24, 2.45) is 5.73 Å². The Hall–Kier alpha value is -3.03. The van der Waals surface area contributed by atoms with E-state index in [0.29, 0.717) is 26.8 Å². The van der Waals surface area contributed by atoms with Crippen molar-refractivity contribution < 1.29 is 0 Å². The molecule has 38 heavy (non-hydrogen) atoms. The Morgan fingerprint density at radius 1 is 1.34 bits per heavy atom. The highest BCUT2D eigenvalue weighted by atomic mass is 35.5. The Bertz CT molecular complexity index is 1600. The molecule has 0 unspecified atom stereocenters. The lowest BCUT2D eigenvalue weighted by molar-refractivity contribution is 0.387. The molecule has 1 saturated heterocycles. The lowest BCUT2D eigenvalue weighted by Crippen LogP contribution is -2.27. The summed E-state index contributed by atoms with van der Waals surface area (Å²) in [5.41, 5.74) is 8.94. The van der Waals surface area contributed by atoms with Crippen LogP contribution in [0.15, 0.2) is 39.2 Å². The second-order valence-corrected chi connectivity index (χ2v) is 11.4. The topological polar surface area (TPSA) is 96.1 Å². The zero-order valence-electron chi connectivity index (χ0n) is 21.9. The first-order valence-corrected chi connectivity index (χ1v) is 14.0. The number of halogens is 1. The number of hydrogen-bond acceptors (Lipinski definition) is 7. The first kappa shape index (κ1) is 26.6. The lowest BCUT2D eigenvalue weighted by Gasteiger charge is -2.18. The summed E-state index contributed by atoms with van der Waals surface area (Å²) in [4.78, 5) is 31.4. The van der Waals surface area contributed by atoms with E-state index in [1.165, 1.54) is 11.8 Å². The highest BCUT2D eigenvalue weighted by Crippen LogP contribution is 2.38. The molecule has 0 aliphatic carbocycles. The normalized spacial score (nSPS) is 15.7.